The standard InChI is InChI=1S/C18H16Br2N2OS.BrH/c1-2-23-16-9-15-14(8-12(16)19)21-18-22(15)17(13(20)10-24-18)11-6-4-3-5-7-11;/h3-9,13,17H,2,10H2,1H3;1H. The van der Waals surface area contributed by atoms with Crippen molar-refractivity contribution in [2.24, 2.45) is 0 Å². The minimum atomic E-state index is 0. The maximum absolute atomic E-state index is 5.77. The number of halogens is 3. The average Bonchev–Trinajstić information content (AvgIpc) is 2.93. The van der Waals surface area contributed by atoms with Gasteiger partial charge in [-0.1, -0.05) is 58.0 Å². The topological polar surface area (TPSA) is 27.1 Å². The Hall–Kier alpha value is -0.500. The number of hydrogen-bond acceptors (Lipinski definition) is 3. The second-order valence-corrected chi connectivity index (χ2v) is 8.67. The van der Waals surface area contributed by atoms with Crippen LogP contribution in [-0.4, -0.2) is 26.7 Å². The number of nitrogens with zero attached hydrogens (tertiary/aromatic N) is 2. The third-order valence-electron chi connectivity index (χ3n) is 4.14. The highest BCUT2D eigenvalue weighted by Crippen LogP contribution is 2.43. The van der Waals surface area contributed by atoms with E-state index in [1.165, 1.54) is 5.56 Å². The molecule has 1 aromatic heterocycles. The predicted molar refractivity (Wildman–Crippen MR) is 117 cm³/mol. The molecule has 3 nitrogen and oxygen atoms in total. The number of aromatic nitrogens is 2. The van der Waals surface area contributed by atoms with Gasteiger partial charge in [-0.2, -0.15) is 0 Å². The van der Waals surface area contributed by atoms with Gasteiger partial charge in [0.25, 0.3) is 0 Å². The average molecular weight is 549 g/mol. The van der Waals surface area contributed by atoms with Crippen molar-refractivity contribution >= 4 is 71.6 Å². The molecule has 2 unspecified atom stereocenters. The van der Waals surface area contributed by atoms with Crippen molar-refractivity contribution in [3.05, 3.63) is 52.5 Å². The Labute approximate surface area is 178 Å². The summed E-state index contributed by atoms with van der Waals surface area (Å²) in [4.78, 5) is 5.20. The van der Waals surface area contributed by atoms with Crippen LogP contribution in [-0.2, 0) is 0 Å². The van der Waals surface area contributed by atoms with Gasteiger partial charge in [-0.25, -0.2) is 4.98 Å². The fourth-order valence-corrected chi connectivity index (χ4v) is 5.51. The Morgan fingerprint density at radius 3 is 2.76 bits per heavy atom. The van der Waals surface area contributed by atoms with E-state index in [9.17, 15) is 0 Å². The molecule has 0 saturated heterocycles. The molecule has 0 radical (unpaired) electrons. The molecular weight excluding hydrogens is 532 g/mol. The number of imidazole rings is 1. The number of alkyl halides is 1. The van der Waals surface area contributed by atoms with Gasteiger partial charge in [0.15, 0.2) is 5.16 Å². The van der Waals surface area contributed by atoms with Gasteiger partial charge in [0.05, 0.1) is 28.2 Å². The summed E-state index contributed by atoms with van der Waals surface area (Å²) in [5.41, 5.74) is 3.40. The zero-order valence-electron chi connectivity index (χ0n) is 13.5. The highest BCUT2D eigenvalue weighted by Gasteiger charge is 2.32. The van der Waals surface area contributed by atoms with Crippen LogP contribution in [0, 0.1) is 0 Å². The molecule has 0 saturated carbocycles. The van der Waals surface area contributed by atoms with E-state index >= 15 is 0 Å². The Balaban J connectivity index is 0.00000182. The second-order valence-electron chi connectivity index (χ2n) is 5.65. The second kappa shape index (κ2) is 8.03. The van der Waals surface area contributed by atoms with Crippen LogP contribution in [0.4, 0.5) is 0 Å². The molecule has 1 aliphatic rings. The molecule has 0 aliphatic carbocycles. The Kier molecular flexibility index (Phi) is 6.19. The number of ether oxygens (including phenoxy) is 1. The lowest BCUT2D eigenvalue weighted by molar-refractivity contribution is 0.338. The summed E-state index contributed by atoms with van der Waals surface area (Å²) in [5, 5.41) is 1.06. The summed E-state index contributed by atoms with van der Waals surface area (Å²) < 4.78 is 9.06. The van der Waals surface area contributed by atoms with Crippen LogP contribution in [0.25, 0.3) is 11.0 Å². The lowest BCUT2D eigenvalue weighted by atomic mass is 10.0. The van der Waals surface area contributed by atoms with Crippen molar-refractivity contribution in [3.8, 4) is 5.75 Å². The molecular formula is C18H17Br3N2OS. The van der Waals surface area contributed by atoms with Crippen LogP contribution in [0.1, 0.15) is 18.5 Å². The van der Waals surface area contributed by atoms with E-state index in [1.807, 2.05) is 6.92 Å². The third kappa shape index (κ3) is 3.53. The fourth-order valence-electron chi connectivity index (χ4n) is 3.13. The minimum absolute atomic E-state index is 0. The number of hydrogen-bond donors (Lipinski definition) is 0. The summed E-state index contributed by atoms with van der Waals surface area (Å²) in [6.07, 6.45) is 0. The minimum Gasteiger partial charge on any atom is -0.493 e. The molecule has 4 rings (SSSR count). The molecule has 1 aliphatic heterocycles. The Morgan fingerprint density at radius 2 is 2.04 bits per heavy atom. The van der Waals surface area contributed by atoms with E-state index in [2.05, 4.69) is 78.9 Å². The molecule has 0 spiro atoms. The van der Waals surface area contributed by atoms with Gasteiger partial charge in [-0.3, -0.25) is 0 Å². The first-order valence-corrected chi connectivity index (χ1v) is 10.5. The van der Waals surface area contributed by atoms with Gasteiger partial charge in [-0.15, -0.1) is 17.0 Å². The molecule has 7 heteroatoms. The van der Waals surface area contributed by atoms with Gasteiger partial charge in [0.2, 0.25) is 0 Å². The molecule has 132 valence electrons. The van der Waals surface area contributed by atoms with Crippen molar-refractivity contribution in [1.82, 2.24) is 9.55 Å². The highest BCUT2D eigenvalue weighted by atomic mass is 79.9. The first kappa shape index (κ1) is 19.3. The number of fused-ring (bicyclic) bond motifs is 3. The van der Waals surface area contributed by atoms with Crippen LogP contribution < -0.4 is 4.74 Å². The van der Waals surface area contributed by atoms with Crippen LogP contribution in [0.15, 0.2) is 52.1 Å². The maximum atomic E-state index is 5.77. The number of benzene rings is 2. The first-order chi connectivity index (χ1) is 11.7. The van der Waals surface area contributed by atoms with Crippen LogP contribution >= 0.6 is 60.6 Å². The van der Waals surface area contributed by atoms with Crippen LogP contribution in [0.3, 0.4) is 0 Å². The quantitative estimate of drug-likeness (QED) is 0.363. The molecule has 0 bridgehead atoms. The van der Waals surface area contributed by atoms with Gasteiger partial charge >= 0.3 is 0 Å². The zero-order valence-corrected chi connectivity index (χ0v) is 19.2. The van der Waals surface area contributed by atoms with Gasteiger partial charge in [-0.05, 0) is 34.5 Å². The van der Waals surface area contributed by atoms with Crippen LogP contribution in [0.2, 0.25) is 0 Å². The maximum Gasteiger partial charge on any atom is 0.169 e. The van der Waals surface area contributed by atoms with Crippen LogP contribution in [0.5, 0.6) is 5.75 Å². The molecule has 3 aromatic rings. The lowest BCUT2D eigenvalue weighted by Gasteiger charge is -2.30. The van der Waals surface area contributed by atoms with E-state index in [1.54, 1.807) is 11.8 Å². The fraction of sp³-hybridized carbons (Fsp3) is 0.278. The summed E-state index contributed by atoms with van der Waals surface area (Å²) in [5.74, 6) is 1.86. The molecule has 2 aromatic carbocycles. The largest absolute Gasteiger partial charge is 0.493 e. The van der Waals surface area contributed by atoms with E-state index < -0.39 is 0 Å². The van der Waals surface area contributed by atoms with Gasteiger partial charge in [0, 0.05) is 16.6 Å². The Bertz CT molecular complexity index is 885. The molecule has 2 heterocycles. The monoisotopic (exact) mass is 546 g/mol. The molecule has 2 atom stereocenters. The van der Waals surface area contributed by atoms with Gasteiger partial charge < -0.3 is 9.30 Å². The van der Waals surface area contributed by atoms with Crippen molar-refractivity contribution in [2.45, 2.75) is 22.9 Å². The smallest absolute Gasteiger partial charge is 0.169 e. The number of thioether (sulfide) groups is 1. The molecule has 0 fully saturated rings. The van der Waals surface area contributed by atoms with Crippen molar-refractivity contribution in [1.29, 1.82) is 0 Å². The summed E-state index contributed by atoms with van der Waals surface area (Å²) in [6, 6.07) is 15.0. The zero-order chi connectivity index (χ0) is 16.7. The van der Waals surface area contributed by atoms with E-state index in [0.717, 1.165) is 32.2 Å². The lowest BCUT2D eigenvalue weighted by Crippen LogP contribution is -2.27. The summed E-state index contributed by atoms with van der Waals surface area (Å²) in [6.45, 7) is 2.64. The third-order valence-corrected chi connectivity index (χ3v) is 7.09. The van der Waals surface area contributed by atoms with Gasteiger partial charge in [0.1, 0.15) is 5.75 Å². The number of rotatable bonds is 3. The van der Waals surface area contributed by atoms with Crippen molar-refractivity contribution < 1.29 is 4.74 Å². The summed E-state index contributed by atoms with van der Waals surface area (Å²) in [7, 11) is 0. The Morgan fingerprint density at radius 1 is 1.28 bits per heavy atom. The van der Waals surface area contributed by atoms with E-state index in [0.29, 0.717) is 11.4 Å². The normalized spacial score (nSPS) is 19.3. The molecule has 0 N–H and O–H groups in total. The van der Waals surface area contributed by atoms with Crippen molar-refractivity contribution in [3.63, 3.8) is 0 Å². The molecule has 25 heavy (non-hydrogen) atoms. The SMILES string of the molecule is Br.CCOc1cc2c(cc1Br)nc1n2C(c2ccccc2)C(Br)CS1. The van der Waals surface area contributed by atoms with E-state index in [4.69, 9.17) is 9.72 Å². The summed E-state index contributed by atoms with van der Waals surface area (Å²) >= 11 is 9.27. The van der Waals surface area contributed by atoms with E-state index in [-0.39, 0.29) is 23.0 Å². The van der Waals surface area contributed by atoms with Crippen molar-refractivity contribution in [2.75, 3.05) is 12.4 Å². The molecule has 0 amide bonds. The first-order valence-electron chi connectivity index (χ1n) is 7.85. The highest BCUT2D eigenvalue weighted by molar-refractivity contribution is 9.10. The predicted octanol–water partition coefficient (Wildman–Crippen LogP) is 6.23.